The third-order valence-corrected chi connectivity index (χ3v) is 6.27. The van der Waals surface area contributed by atoms with Crippen molar-refractivity contribution in [3.8, 4) is 16.2 Å². The molecule has 1 aliphatic heterocycles. The van der Waals surface area contributed by atoms with E-state index in [0.717, 1.165) is 11.1 Å². The SMILES string of the molecule is COc1cccc(C(=O)N2CCNC(=O)[C@H](Cc3ccccc3-c3cccs3)C2)c1. The maximum Gasteiger partial charge on any atom is 0.254 e. The molecule has 1 saturated heterocycles. The highest BCUT2D eigenvalue weighted by Gasteiger charge is 2.29. The van der Waals surface area contributed by atoms with Crippen LogP contribution in [-0.2, 0) is 11.2 Å². The van der Waals surface area contributed by atoms with Gasteiger partial charge in [0.25, 0.3) is 5.91 Å². The fourth-order valence-electron chi connectivity index (χ4n) is 3.81. The lowest BCUT2D eigenvalue weighted by molar-refractivity contribution is -0.124. The number of benzene rings is 2. The van der Waals surface area contributed by atoms with Gasteiger partial charge in [0.05, 0.1) is 13.0 Å². The number of ether oxygens (including phenoxy) is 1. The number of amides is 2. The summed E-state index contributed by atoms with van der Waals surface area (Å²) < 4.78 is 5.25. The van der Waals surface area contributed by atoms with Crippen LogP contribution in [0.4, 0.5) is 0 Å². The first kappa shape index (κ1) is 20.2. The van der Waals surface area contributed by atoms with Crippen molar-refractivity contribution in [2.45, 2.75) is 6.42 Å². The van der Waals surface area contributed by atoms with Gasteiger partial charge in [0.2, 0.25) is 5.91 Å². The van der Waals surface area contributed by atoms with Crippen molar-refractivity contribution in [3.05, 3.63) is 77.2 Å². The Morgan fingerprint density at radius 2 is 2.03 bits per heavy atom. The number of hydrogen-bond acceptors (Lipinski definition) is 4. The number of carbonyl (C=O) groups excluding carboxylic acids is 2. The van der Waals surface area contributed by atoms with E-state index in [1.165, 1.54) is 4.88 Å². The van der Waals surface area contributed by atoms with Gasteiger partial charge in [-0.1, -0.05) is 36.4 Å². The van der Waals surface area contributed by atoms with Crippen LogP contribution in [0, 0.1) is 5.92 Å². The predicted molar refractivity (Wildman–Crippen MR) is 119 cm³/mol. The van der Waals surface area contributed by atoms with E-state index in [1.807, 2.05) is 30.3 Å². The average molecular weight is 421 g/mol. The second-order valence-corrected chi connectivity index (χ2v) is 8.26. The first-order valence-electron chi connectivity index (χ1n) is 9.98. The number of carbonyl (C=O) groups is 2. The molecule has 0 bridgehead atoms. The minimum atomic E-state index is -0.303. The lowest BCUT2D eigenvalue weighted by Crippen LogP contribution is -2.37. The van der Waals surface area contributed by atoms with Gasteiger partial charge >= 0.3 is 0 Å². The van der Waals surface area contributed by atoms with Gasteiger partial charge in [-0.15, -0.1) is 11.3 Å². The summed E-state index contributed by atoms with van der Waals surface area (Å²) in [6.07, 6.45) is 0.585. The van der Waals surface area contributed by atoms with Crippen LogP contribution in [0.5, 0.6) is 5.75 Å². The number of thiophene rings is 1. The summed E-state index contributed by atoms with van der Waals surface area (Å²) >= 11 is 1.69. The van der Waals surface area contributed by atoms with E-state index in [2.05, 4.69) is 28.9 Å². The summed E-state index contributed by atoms with van der Waals surface area (Å²) in [6.45, 7) is 1.34. The Morgan fingerprint density at radius 1 is 1.17 bits per heavy atom. The van der Waals surface area contributed by atoms with Gasteiger partial charge in [-0.2, -0.15) is 0 Å². The molecule has 2 amide bonds. The van der Waals surface area contributed by atoms with Crippen molar-refractivity contribution in [1.29, 1.82) is 0 Å². The van der Waals surface area contributed by atoms with Gasteiger partial charge in [0.1, 0.15) is 5.75 Å². The van der Waals surface area contributed by atoms with E-state index in [0.29, 0.717) is 37.4 Å². The third-order valence-electron chi connectivity index (χ3n) is 5.37. The Kier molecular flexibility index (Phi) is 6.14. The van der Waals surface area contributed by atoms with Crippen molar-refractivity contribution < 1.29 is 14.3 Å². The normalized spacial score (nSPS) is 16.6. The Balaban J connectivity index is 1.56. The molecule has 6 heteroatoms. The molecule has 0 aliphatic carbocycles. The Morgan fingerprint density at radius 3 is 2.83 bits per heavy atom. The van der Waals surface area contributed by atoms with Crippen molar-refractivity contribution in [1.82, 2.24) is 10.2 Å². The lowest BCUT2D eigenvalue weighted by atomic mass is 9.94. The average Bonchev–Trinajstić information content (AvgIpc) is 3.26. The lowest BCUT2D eigenvalue weighted by Gasteiger charge is -2.24. The number of rotatable bonds is 5. The van der Waals surface area contributed by atoms with Crippen LogP contribution in [0.3, 0.4) is 0 Å². The van der Waals surface area contributed by atoms with Crippen LogP contribution in [-0.4, -0.2) is 43.5 Å². The second-order valence-electron chi connectivity index (χ2n) is 7.31. The molecule has 30 heavy (non-hydrogen) atoms. The first-order chi connectivity index (χ1) is 14.7. The van der Waals surface area contributed by atoms with Crippen molar-refractivity contribution in [2.75, 3.05) is 26.7 Å². The van der Waals surface area contributed by atoms with Crippen LogP contribution in [0.15, 0.2) is 66.0 Å². The monoisotopic (exact) mass is 420 g/mol. The molecule has 4 rings (SSSR count). The number of nitrogens with one attached hydrogen (secondary N) is 1. The Labute approximate surface area is 180 Å². The summed E-state index contributed by atoms with van der Waals surface area (Å²) in [5.74, 6) is 0.258. The quantitative estimate of drug-likeness (QED) is 0.682. The molecule has 2 aromatic carbocycles. The summed E-state index contributed by atoms with van der Waals surface area (Å²) in [7, 11) is 1.58. The van der Waals surface area contributed by atoms with Crippen LogP contribution >= 0.6 is 11.3 Å². The molecule has 0 spiro atoms. The highest BCUT2D eigenvalue weighted by molar-refractivity contribution is 7.13. The van der Waals surface area contributed by atoms with Crippen LogP contribution in [0.1, 0.15) is 15.9 Å². The fourth-order valence-corrected chi connectivity index (χ4v) is 4.60. The van der Waals surface area contributed by atoms with Crippen molar-refractivity contribution >= 4 is 23.2 Å². The molecular weight excluding hydrogens is 396 g/mol. The maximum absolute atomic E-state index is 13.1. The van der Waals surface area contributed by atoms with Gasteiger partial charge in [0.15, 0.2) is 0 Å². The van der Waals surface area contributed by atoms with E-state index in [4.69, 9.17) is 4.74 Å². The summed E-state index contributed by atoms with van der Waals surface area (Å²) in [5.41, 5.74) is 2.84. The predicted octanol–water partition coefficient (Wildman–Crippen LogP) is 3.85. The number of methoxy groups -OCH3 is 1. The summed E-state index contributed by atoms with van der Waals surface area (Å²) in [6, 6.07) is 19.5. The van der Waals surface area contributed by atoms with Crippen molar-refractivity contribution in [2.24, 2.45) is 5.92 Å². The van der Waals surface area contributed by atoms with Gasteiger partial charge in [-0.05, 0) is 47.2 Å². The Bertz CT molecular complexity index is 1030. The summed E-state index contributed by atoms with van der Waals surface area (Å²) in [4.78, 5) is 28.8. The zero-order valence-electron chi connectivity index (χ0n) is 16.8. The van der Waals surface area contributed by atoms with Gasteiger partial charge in [-0.25, -0.2) is 0 Å². The molecule has 1 aliphatic rings. The highest BCUT2D eigenvalue weighted by atomic mass is 32.1. The van der Waals surface area contributed by atoms with E-state index >= 15 is 0 Å². The van der Waals surface area contributed by atoms with E-state index in [-0.39, 0.29) is 17.7 Å². The van der Waals surface area contributed by atoms with Gasteiger partial charge < -0.3 is 15.0 Å². The van der Waals surface area contributed by atoms with E-state index in [9.17, 15) is 9.59 Å². The van der Waals surface area contributed by atoms with E-state index in [1.54, 1.807) is 35.5 Å². The zero-order chi connectivity index (χ0) is 20.9. The molecule has 1 fully saturated rings. The highest BCUT2D eigenvalue weighted by Crippen LogP contribution is 2.30. The fraction of sp³-hybridized carbons (Fsp3) is 0.250. The molecule has 1 N–H and O–H groups in total. The molecule has 154 valence electrons. The maximum atomic E-state index is 13.1. The molecule has 1 atom stereocenters. The molecule has 0 unspecified atom stereocenters. The topological polar surface area (TPSA) is 58.6 Å². The number of nitrogens with zero attached hydrogens (tertiary/aromatic N) is 1. The molecule has 5 nitrogen and oxygen atoms in total. The first-order valence-corrected chi connectivity index (χ1v) is 10.9. The smallest absolute Gasteiger partial charge is 0.254 e. The Hall–Kier alpha value is -3.12. The minimum absolute atomic E-state index is 0.00285. The standard InChI is InChI=1S/C24H24N2O3S/c1-29-20-8-4-7-18(15-20)24(28)26-12-11-25-23(27)19(16-26)14-17-6-2-3-9-21(17)22-10-5-13-30-22/h2-10,13,15,19H,11-12,14,16H2,1H3,(H,25,27)/t19-/m1/s1. The second kappa shape index (κ2) is 9.13. The largest absolute Gasteiger partial charge is 0.497 e. The van der Waals surface area contributed by atoms with Crippen molar-refractivity contribution in [3.63, 3.8) is 0 Å². The van der Waals surface area contributed by atoms with Crippen LogP contribution in [0.25, 0.3) is 10.4 Å². The van der Waals surface area contributed by atoms with Gasteiger partial charge in [0, 0.05) is 30.1 Å². The molecular formula is C24H24N2O3S. The van der Waals surface area contributed by atoms with Gasteiger partial charge in [-0.3, -0.25) is 9.59 Å². The summed E-state index contributed by atoms with van der Waals surface area (Å²) in [5, 5.41) is 5.03. The molecule has 3 aromatic rings. The number of hydrogen-bond donors (Lipinski definition) is 1. The molecule has 1 aromatic heterocycles. The minimum Gasteiger partial charge on any atom is -0.497 e. The molecule has 0 radical (unpaired) electrons. The zero-order valence-corrected chi connectivity index (χ0v) is 17.7. The third kappa shape index (κ3) is 4.39. The molecule has 0 saturated carbocycles. The van der Waals surface area contributed by atoms with Crippen LogP contribution in [0.2, 0.25) is 0 Å². The molecule has 2 heterocycles. The van der Waals surface area contributed by atoms with Crippen LogP contribution < -0.4 is 10.1 Å². The van der Waals surface area contributed by atoms with E-state index < -0.39 is 0 Å².